The monoisotopic (exact) mass is 265 g/mol. The smallest absolute Gasteiger partial charge is 0.0622 e. The summed E-state index contributed by atoms with van der Waals surface area (Å²) in [5.74, 6) is 0. The number of rotatable bonds is 3. The SMILES string of the molecule is [2H]c1ccc(P(c2ccc([2H])cc2)c2ccc([2H])cc2)cc1. The standard InChI is InChI=1S/C18H15P/c1-4-10-16(11-5-1)19(17-12-6-2-7-13-17)18-14-8-3-9-15-18/h1-15H/i1D,2D,3D. The normalized spacial score (nSPS) is 12.8. The number of hydrogen-bond donors (Lipinski definition) is 0. The maximum atomic E-state index is 7.66. The molecule has 0 bridgehead atoms. The van der Waals surface area contributed by atoms with Crippen molar-refractivity contribution in [3.8, 4) is 0 Å². The van der Waals surface area contributed by atoms with Crippen LogP contribution in [0.5, 0.6) is 0 Å². The third kappa shape index (κ3) is 2.75. The molecule has 0 spiro atoms. The van der Waals surface area contributed by atoms with Crippen molar-refractivity contribution >= 4 is 23.8 Å². The van der Waals surface area contributed by atoms with Crippen LogP contribution in [0.3, 0.4) is 0 Å². The third-order valence-corrected chi connectivity index (χ3v) is 5.32. The van der Waals surface area contributed by atoms with Gasteiger partial charge in [0.1, 0.15) is 0 Å². The van der Waals surface area contributed by atoms with Crippen LogP contribution in [-0.2, 0) is 0 Å². The molecule has 3 rings (SSSR count). The lowest BCUT2D eigenvalue weighted by molar-refractivity contribution is 1.74. The average molecular weight is 265 g/mol. The molecule has 0 amide bonds. The first kappa shape index (κ1) is 9.07. The van der Waals surface area contributed by atoms with E-state index >= 15 is 0 Å². The molecule has 0 atom stereocenters. The molecule has 0 radical (unpaired) electrons. The summed E-state index contributed by atoms with van der Waals surface area (Å²) in [6.45, 7) is 0. The second kappa shape index (κ2) is 5.82. The van der Waals surface area contributed by atoms with Crippen molar-refractivity contribution in [2.75, 3.05) is 0 Å². The molecule has 1 heteroatoms. The van der Waals surface area contributed by atoms with Crippen molar-refractivity contribution in [1.29, 1.82) is 0 Å². The van der Waals surface area contributed by atoms with Crippen molar-refractivity contribution in [2.24, 2.45) is 0 Å². The lowest BCUT2D eigenvalue weighted by Gasteiger charge is -2.18. The molecule has 0 unspecified atom stereocenters. The summed E-state index contributed by atoms with van der Waals surface area (Å²) in [6.07, 6.45) is 0. The molecule has 0 nitrogen and oxygen atoms in total. The van der Waals surface area contributed by atoms with E-state index in [0.717, 1.165) is 0 Å². The largest absolute Gasteiger partial charge is 0.0623 e. The van der Waals surface area contributed by atoms with Crippen LogP contribution < -0.4 is 15.9 Å². The van der Waals surface area contributed by atoms with Crippen LogP contribution in [0.2, 0.25) is 0 Å². The van der Waals surface area contributed by atoms with Crippen LogP contribution in [-0.4, -0.2) is 0 Å². The highest BCUT2D eigenvalue weighted by Gasteiger charge is 2.14. The maximum Gasteiger partial charge on any atom is 0.0623 e. The summed E-state index contributed by atoms with van der Waals surface area (Å²) in [7, 11) is -0.733. The van der Waals surface area contributed by atoms with Gasteiger partial charge in [0, 0.05) is 0 Å². The van der Waals surface area contributed by atoms with E-state index in [1.54, 1.807) is 0 Å². The molecule has 3 aromatic carbocycles. The van der Waals surface area contributed by atoms with Crippen molar-refractivity contribution in [2.45, 2.75) is 0 Å². The van der Waals surface area contributed by atoms with Crippen molar-refractivity contribution in [3.05, 3.63) is 90.9 Å². The van der Waals surface area contributed by atoms with Gasteiger partial charge in [-0.05, 0) is 23.8 Å². The summed E-state index contributed by atoms with van der Waals surface area (Å²) in [5, 5.41) is 3.50. The predicted molar refractivity (Wildman–Crippen MR) is 85.1 cm³/mol. The zero-order chi connectivity index (χ0) is 15.5. The third-order valence-electron chi connectivity index (χ3n) is 2.88. The minimum Gasteiger partial charge on any atom is -0.0622 e. The van der Waals surface area contributed by atoms with Gasteiger partial charge in [-0.15, -0.1) is 0 Å². The van der Waals surface area contributed by atoms with Crippen LogP contribution in [0, 0.1) is 0 Å². The molecule has 0 aliphatic rings. The van der Waals surface area contributed by atoms with E-state index in [1.807, 2.05) is 72.8 Å². The van der Waals surface area contributed by atoms with Gasteiger partial charge in [-0.2, -0.15) is 0 Å². The molecule has 0 aliphatic heterocycles. The fraction of sp³-hybridized carbons (Fsp3) is 0. The lowest BCUT2D eigenvalue weighted by atomic mass is 10.4. The topological polar surface area (TPSA) is 0 Å². The Morgan fingerprint density at radius 1 is 0.526 bits per heavy atom. The van der Waals surface area contributed by atoms with Crippen molar-refractivity contribution < 1.29 is 4.11 Å². The first-order valence-corrected chi connectivity index (χ1v) is 7.48. The Morgan fingerprint density at radius 3 is 1.05 bits per heavy atom. The highest BCUT2D eigenvalue weighted by Crippen LogP contribution is 2.32. The van der Waals surface area contributed by atoms with Crippen molar-refractivity contribution in [3.63, 3.8) is 0 Å². The van der Waals surface area contributed by atoms with Gasteiger partial charge in [0.15, 0.2) is 0 Å². The lowest BCUT2D eigenvalue weighted by Crippen LogP contribution is -2.20. The maximum absolute atomic E-state index is 7.66. The van der Waals surface area contributed by atoms with E-state index < -0.39 is 7.92 Å². The molecule has 0 heterocycles. The zero-order valence-electron chi connectivity index (χ0n) is 13.4. The molecule has 0 aromatic heterocycles. The van der Waals surface area contributed by atoms with Gasteiger partial charge >= 0.3 is 0 Å². The Labute approximate surface area is 119 Å². The molecule has 92 valence electrons. The van der Waals surface area contributed by atoms with E-state index in [0.29, 0.717) is 18.1 Å². The van der Waals surface area contributed by atoms with E-state index in [4.69, 9.17) is 4.11 Å². The minimum atomic E-state index is -0.733. The van der Waals surface area contributed by atoms with E-state index in [2.05, 4.69) is 0 Å². The average Bonchev–Trinajstić information content (AvgIpc) is 2.53. The first-order valence-electron chi connectivity index (χ1n) is 7.63. The predicted octanol–water partition coefficient (Wildman–Crippen LogP) is 3.44. The summed E-state index contributed by atoms with van der Waals surface area (Å²) >= 11 is 0. The highest BCUT2D eigenvalue weighted by atomic mass is 31.1. The second-order valence-corrected chi connectivity index (χ2v) is 6.33. The van der Waals surface area contributed by atoms with Crippen LogP contribution in [0.25, 0.3) is 0 Å². The minimum absolute atomic E-state index is 0.502. The van der Waals surface area contributed by atoms with Crippen LogP contribution in [0.15, 0.2) is 90.9 Å². The summed E-state index contributed by atoms with van der Waals surface area (Å²) in [4.78, 5) is 0. The molecular weight excluding hydrogens is 247 g/mol. The van der Waals surface area contributed by atoms with Gasteiger partial charge in [-0.1, -0.05) is 90.9 Å². The Balaban J connectivity index is 2.10. The number of benzene rings is 3. The Hall–Kier alpha value is -1.91. The van der Waals surface area contributed by atoms with Gasteiger partial charge in [-0.25, -0.2) is 0 Å². The zero-order valence-corrected chi connectivity index (χ0v) is 11.3. The van der Waals surface area contributed by atoms with Crippen LogP contribution >= 0.6 is 7.92 Å². The molecule has 0 saturated heterocycles. The molecule has 19 heavy (non-hydrogen) atoms. The van der Waals surface area contributed by atoms with Gasteiger partial charge < -0.3 is 0 Å². The van der Waals surface area contributed by atoms with E-state index in [-0.39, 0.29) is 0 Å². The Bertz CT molecular complexity index is 642. The fourth-order valence-corrected chi connectivity index (χ4v) is 4.26. The highest BCUT2D eigenvalue weighted by molar-refractivity contribution is 7.79. The molecule has 0 N–H and O–H groups in total. The molecular formula is C18H15P. The van der Waals surface area contributed by atoms with Crippen molar-refractivity contribution in [1.82, 2.24) is 0 Å². The number of hydrogen-bond acceptors (Lipinski definition) is 0. The van der Waals surface area contributed by atoms with Crippen LogP contribution in [0.1, 0.15) is 4.11 Å². The fourth-order valence-electron chi connectivity index (χ4n) is 2.03. The summed E-state index contributed by atoms with van der Waals surface area (Å²) < 4.78 is 23.0. The summed E-state index contributed by atoms with van der Waals surface area (Å²) in [6, 6.07) is 24.3. The van der Waals surface area contributed by atoms with Gasteiger partial charge in [0.2, 0.25) is 0 Å². The van der Waals surface area contributed by atoms with E-state index in [1.165, 1.54) is 15.9 Å². The Kier molecular flexibility index (Phi) is 2.78. The Morgan fingerprint density at radius 2 is 0.789 bits per heavy atom. The first-order chi connectivity index (χ1) is 10.6. The van der Waals surface area contributed by atoms with Crippen LogP contribution in [0.4, 0.5) is 0 Å². The molecule has 0 aliphatic carbocycles. The van der Waals surface area contributed by atoms with Gasteiger partial charge in [0.25, 0.3) is 0 Å². The van der Waals surface area contributed by atoms with E-state index in [9.17, 15) is 0 Å². The molecule has 3 aromatic rings. The van der Waals surface area contributed by atoms with Gasteiger partial charge in [0.05, 0.1) is 4.11 Å². The molecule has 0 fully saturated rings. The summed E-state index contributed by atoms with van der Waals surface area (Å²) in [5.41, 5.74) is 0. The quantitative estimate of drug-likeness (QED) is 0.636. The molecule has 0 saturated carbocycles. The second-order valence-electron chi connectivity index (χ2n) is 4.11. The van der Waals surface area contributed by atoms with Gasteiger partial charge in [-0.3, -0.25) is 0 Å².